The lowest BCUT2D eigenvalue weighted by Gasteiger charge is -2.25. The van der Waals surface area contributed by atoms with Crippen molar-refractivity contribution in [2.24, 2.45) is 0 Å². The van der Waals surface area contributed by atoms with Gasteiger partial charge in [-0.05, 0) is 23.1 Å². The second-order valence-corrected chi connectivity index (χ2v) is 8.15. The molecule has 1 N–H and O–H groups in total. The van der Waals surface area contributed by atoms with E-state index in [1.165, 1.54) is 4.31 Å². The number of rotatable bonds is 7. The third-order valence-electron chi connectivity index (χ3n) is 3.85. The van der Waals surface area contributed by atoms with E-state index in [0.717, 1.165) is 17.4 Å². The third kappa shape index (κ3) is 5.32. The van der Waals surface area contributed by atoms with Crippen LogP contribution in [0.4, 0.5) is 5.69 Å². The van der Waals surface area contributed by atoms with Crippen LogP contribution in [0.25, 0.3) is 0 Å². The Morgan fingerprint density at radius 2 is 1.64 bits per heavy atom. The summed E-state index contributed by atoms with van der Waals surface area (Å²) in [7, 11) is -3.58. The van der Waals surface area contributed by atoms with Gasteiger partial charge in [-0.15, -0.1) is 0 Å². The van der Waals surface area contributed by atoms with E-state index in [1.807, 2.05) is 56.3 Å². The van der Waals surface area contributed by atoms with Crippen LogP contribution in [0.5, 0.6) is 0 Å². The number of carbonyl (C=O) groups is 1. The van der Waals surface area contributed by atoms with E-state index in [1.54, 1.807) is 12.1 Å². The lowest BCUT2D eigenvalue weighted by molar-refractivity contribution is -0.119. The minimum atomic E-state index is -3.58. The molecule has 0 unspecified atom stereocenters. The molecule has 25 heavy (non-hydrogen) atoms. The zero-order valence-corrected chi connectivity index (χ0v) is 15.6. The maximum absolute atomic E-state index is 12.3. The molecule has 2 rings (SSSR count). The second kappa shape index (κ2) is 8.16. The minimum Gasteiger partial charge on any atom is -0.350 e. The van der Waals surface area contributed by atoms with Gasteiger partial charge in [0.1, 0.15) is 6.54 Å². The van der Waals surface area contributed by atoms with Crippen molar-refractivity contribution in [1.29, 1.82) is 0 Å². The number of hydrogen-bond acceptors (Lipinski definition) is 3. The van der Waals surface area contributed by atoms with E-state index in [0.29, 0.717) is 12.2 Å². The molecule has 0 saturated heterocycles. The average Bonchev–Trinajstić information content (AvgIpc) is 2.57. The summed E-state index contributed by atoms with van der Waals surface area (Å²) in [6, 6.07) is 16.8. The first-order valence-electron chi connectivity index (χ1n) is 8.16. The van der Waals surface area contributed by atoms with Gasteiger partial charge in [-0.25, -0.2) is 8.42 Å². The molecular weight excluding hydrogens is 336 g/mol. The fourth-order valence-electron chi connectivity index (χ4n) is 2.57. The molecule has 2 aromatic rings. The molecule has 0 fully saturated rings. The van der Waals surface area contributed by atoms with Gasteiger partial charge in [-0.1, -0.05) is 62.4 Å². The number of amides is 1. The quantitative estimate of drug-likeness (QED) is 0.826. The van der Waals surface area contributed by atoms with Gasteiger partial charge < -0.3 is 5.32 Å². The Morgan fingerprint density at radius 1 is 1.04 bits per heavy atom. The maximum Gasteiger partial charge on any atom is 0.241 e. The van der Waals surface area contributed by atoms with Crippen molar-refractivity contribution in [2.75, 3.05) is 17.1 Å². The molecule has 0 saturated carbocycles. The van der Waals surface area contributed by atoms with Gasteiger partial charge in [0.15, 0.2) is 0 Å². The molecule has 0 aromatic heterocycles. The fraction of sp³-hybridized carbons (Fsp3) is 0.316. The van der Waals surface area contributed by atoms with Crippen LogP contribution in [0.2, 0.25) is 0 Å². The number of nitrogens with one attached hydrogen (secondary N) is 1. The molecular formula is C19H24N2O3S. The molecule has 0 radical (unpaired) electrons. The van der Waals surface area contributed by atoms with Gasteiger partial charge in [-0.2, -0.15) is 0 Å². The number of benzene rings is 2. The largest absolute Gasteiger partial charge is 0.350 e. The first-order chi connectivity index (χ1) is 11.8. The Balaban J connectivity index is 2.18. The Kier molecular flexibility index (Phi) is 6.20. The van der Waals surface area contributed by atoms with Crippen molar-refractivity contribution in [3.63, 3.8) is 0 Å². The molecule has 2 aromatic carbocycles. The second-order valence-electron chi connectivity index (χ2n) is 6.25. The highest BCUT2D eigenvalue weighted by molar-refractivity contribution is 7.92. The summed E-state index contributed by atoms with van der Waals surface area (Å²) in [5.41, 5.74) is 2.41. The first kappa shape index (κ1) is 19.0. The van der Waals surface area contributed by atoms with Crippen LogP contribution in [-0.2, 0) is 21.4 Å². The number of anilines is 1. The molecule has 1 amide bonds. The molecule has 0 bridgehead atoms. The summed E-state index contributed by atoms with van der Waals surface area (Å²) in [6.45, 7) is 4.11. The summed E-state index contributed by atoms with van der Waals surface area (Å²) in [5, 5.41) is 2.77. The molecule has 5 nitrogen and oxygen atoms in total. The van der Waals surface area contributed by atoms with E-state index in [9.17, 15) is 13.2 Å². The zero-order valence-electron chi connectivity index (χ0n) is 14.8. The molecule has 0 spiro atoms. The lowest BCUT2D eigenvalue weighted by Crippen LogP contribution is -2.40. The molecule has 0 heterocycles. The van der Waals surface area contributed by atoms with Crippen molar-refractivity contribution < 1.29 is 13.2 Å². The standard InChI is InChI=1S/C19H24N2O3S/c1-15(2)17-11-7-8-12-18(17)21(25(3,23)24)14-19(22)20-13-16-9-5-4-6-10-16/h4-12,15H,13-14H2,1-3H3,(H,20,22). The minimum absolute atomic E-state index is 0.146. The summed E-state index contributed by atoms with van der Waals surface area (Å²) in [6.07, 6.45) is 1.12. The van der Waals surface area contributed by atoms with Crippen LogP contribution in [0.1, 0.15) is 30.9 Å². The summed E-state index contributed by atoms with van der Waals surface area (Å²) in [4.78, 5) is 12.3. The Morgan fingerprint density at radius 3 is 2.24 bits per heavy atom. The van der Waals surface area contributed by atoms with E-state index in [-0.39, 0.29) is 18.4 Å². The number of para-hydroxylation sites is 1. The monoisotopic (exact) mass is 360 g/mol. The highest BCUT2D eigenvalue weighted by Gasteiger charge is 2.23. The van der Waals surface area contributed by atoms with Crippen LogP contribution in [0, 0.1) is 0 Å². The van der Waals surface area contributed by atoms with Crippen LogP contribution >= 0.6 is 0 Å². The first-order valence-corrected chi connectivity index (χ1v) is 10.0. The molecule has 6 heteroatoms. The zero-order chi connectivity index (χ0) is 18.4. The molecule has 0 aliphatic carbocycles. The number of hydrogen-bond donors (Lipinski definition) is 1. The van der Waals surface area contributed by atoms with Crippen molar-refractivity contribution >= 4 is 21.6 Å². The number of nitrogens with zero attached hydrogens (tertiary/aromatic N) is 1. The van der Waals surface area contributed by atoms with Gasteiger partial charge in [0.2, 0.25) is 15.9 Å². The summed E-state index contributed by atoms with van der Waals surface area (Å²) >= 11 is 0. The van der Waals surface area contributed by atoms with Crippen molar-refractivity contribution in [2.45, 2.75) is 26.3 Å². The lowest BCUT2D eigenvalue weighted by atomic mass is 10.0. The summed E-state index contributed by atoms with van der Waals surface area (Å²) in [5.74, 6) is -0.194. The van der Waals surface area contributed by atoms with Crippen LogP contribution < -0.4 is 9.62 Å². The van der Waals surface area contributed by atoms with Gasteiger partial charge in [0, 0.05) is 6.54 Å². The smallest absolute Gasteiger partial charge is 0.241 e. The van der Waals surface area contributed by atoms with Gasteiger partial charge >= 0.3 is 0 Å². The topological polar surface area (TPSA) is 66.5 Å². The normalized spacial score (nSPS) is 11.4. The van der Waals surface area contributed by atoms with Crippen molar-refractivity contribution in [3.8, 4) is 0 Å². The maximum atomic E-state index is 12.3. The predicted octanol–water partition coefficient (Wildman–Crippen LogP) is 2.89. The molecule has 0 aliphatic heterocycles. The van der Waals surface area contributed by atoms with Gasteiger partial charge in [0.25, 0.3) is 0 Å². The van der Waals surface area contributed by atoms with Crippen LogP contribution in [0.3, 0.4) is 0 Å². The van der Waals surface area contributed by atoms with Crippen molar-refractivity contribution in [1.82, 2.24) is 5.32 Å². The summed E-state index contributed by atoms with van der Waals surface area (Å²) < 4.78 is 25.7. The van der Waals surface area contributed by atoms with Crippen LogP contribution in [-0.4, -0.2) is 27.1 Å². The number of sulfonamides is 1. The van der Waals surface area contributed by atoms with Gasteiger partial charge in [-0.3, -0.25) is 9.10 Å². The van der Waals surface area contributed by atoms with Crippen LogP contribution in [0.15, 0.2) is 54.6 Å². The predicted molar refractivity (Wildman–Crippen MR) is 101 cm³/mol. The van der Waals surface area contributed by atoms with E-state index in [2.05, 4.69) is 5.32 Å². The van der Waals surface area contributed by atoms with E-state index >= 15 is 0 Å². The van der Waals surface area contributed by atoms with E-state index in [4.69, 9.17) is 0 Å². The third-order valence-corrected chi connectivity index (χ3v) is 4.97. The Hall–Kier alpha value is -2.34. The average molecular weight is 360 g/mol. The molecule has 0 atom stereocenters. The van der Waals surface area contributed by atoms with Crippen molar-refractivity contribution in [3.05, 3.63) is 65.7 Å². The molecule has 0 aliphatic rings. The fourth-order valence-corrected chi connectivity index (χ4v) is 3.44. The highest BCUT2D eigenvalue weighted by Crippen LogP contribution is 2.28. The highest BCUT2D eigenvalue weighted by atomic mass is 32.2. The van der Waals surface area contributed by atoms with Gasteiger partial charge in [0.05, 0.1) is 11.9 Å². The SMILES string of the molecule is CC(C)c1ccccc1N(CC(=O)NCc1ccccc1)S(C)(=O)=O. The number of carbonyl (C=O) groups excluding carboxylic acids is 1. The Labute approximate surface area is 149 Å². The molecule has 134 valence electrons. The Bertz CT molecular complexity index is 818. The van der Waals surface area contributed by atoms with E-state index < -0.39 is 10.0 Å².